The van der Waals surface area contributed by atoms with E-state index in [2.05, 4.69) is 10.1 Å². The molecule has 0 aromatic heterocycles. The largest absolute Gasteiger partial charge is 0.573 e. The number of ether oxygens (including phenoxy) is 1. The van der Waals surface area contributed by atoms with Crippen LogP contribution in [0.3, 0.4) is 0 Å². The van der Waals surface area contributed by atoms with Crippen LogP contribution in [-0.4, -0.2) is 12.3 Å². The van der Waals surface area contributed by atoms with E-state index in [0.29, 0.717) is 0 Å². The van der Waals surface area contributed by atoms with Crippen LogP contribution in [-0.2, 0) is 17.8 Å². The van der Waals surface area contributed by atoms with Gasteiger partial charge in [-0.05, 0) is 17.7 Å². The average molecular weight is 327 g/mol. The zero-order valence-electron chi connectivity index (χ0n) is 11.9. The Labute approximate surface area is 129 Å². The molecular weight excluding hydrogens is 314 g/mol. The summed E-state index contributed by atoms with van der Waals surface area (Å²) in [6.07, 6.45) is -5.01. The van der Waals surface area contributed by atoms with Crippen LogP contribution in [0.25, 0.3) is 0 Å². The van der Waals surface area contributed by atoms with Gasteiger partial charge in [0.2, 0.25) is 5.91 Å². The fraction of sp³-hybridized carbons (Fsp3) is 0.188. The number of hydrogen-bond acceptors (Lipinski definition) is 2. The van der Waals surface area contributed by atoms with E-state index in [9.17, 15) is 22.4 Å². The zero-order valence-corrected chi connectivity index (χ0v) is 11.9. The summed E-state index contributed by atoms with van der Waals surface area (Å²) in [5.74, 6) is -1.40. The lowest BCUT2D eigenvalue weighted by Crippen LogP contribution is -2.26. The summed E-state index contributed by atoms with van der Waals surface area (Å²) < 4.78 is 54.2. The van der Waals surface area contributed by atoms with E-state index >= 15 is 0 Å². The van der Waals surface area contributed by atoms with E-state index in [4.69, 9.17) is 0 Å². The summed E-state index contributed by atoms with van der Waals surface area (Å²) in [6, 6.07) is 11.3. The van der Waals surface area contributed by atoms with E-state index in [-0.39, 0.29) is 29.8 Å². The molecule has 0 fully saturated rings. The summed E-state index contributed by atoms with van der Waals surface area (Å²) in [4.78, 5) is 11.8. The molecule has 1 N–H and O–H groups in total. The first-order valence-electron chi connectivity index (χ1n) is 6.69. The predicted molar refractivity (Wildman–Crippen MR) is 75.1 cm³/mol. The Hall–Kier alpha value is -2.57. The minimum atomic E-state index is -4.81. The molecule has 0 radical (unpaired) electrons. The predicted octanol–water partition coefficient (Wildman–Crippen LogP) is 3.58. The molecule has 0 bridgehead atoms. The van der Waals surface area contributed by atoms with Crippen molar-refractivity contribution in [3.63, 3.8) is 0 Å². The Balaban J connectivity index is 1.98. The van der Waals surface area contributed by atoms with Gasteiger partial charge in [0.15, 0.2) is 0 Å². The van der Waals surface area contributed by atoms with Crippen molar-refractivity contribution in [2.75, 3.05) is 0 Å². The minimum absolute atomic E-state index is 0.153. The van der Waals surface area contributed by atoms with Crippen LogP contribution in [0.2, 0.25) is 0 Å². The molecule has 0 atom stereocenters. The number of para-hydroxylation sites is 1. The van der Waals surface area contributed by atoms with Gasteiger partial charge in [0.1, 0.15) is 11.6 Å². The molecule has 0 spiro atoms. The van der Waals surface area contributed by atoms with E-state index in [1.165, 1.54) is 36.4 Å². The van der Waals surface area contributed by atoms with Gasteiger partial charge in [0.05, 0.1) is 6.42 Å². The maximum absolute atomic E-state index is 13.4. The second-order valence-electron chi connectivity index (χ2n) is 4.70. The third kappa shape index (κ3) is 5.28. The molecule has 0 unspecified atom stereocenters. The number of hydrogen-bond donors (Lipinski definition) is 1. The molecular formula is C16H13F4NO2. The van der Waals surface area contributed by atoms with Gasteiger partial charge in [0.25, 0.3) is 0 Å². The lowest BCUT2D eigenvalue weighted by Gasteiger charge is -2.13. The molecule has 0 aliphatic rings. The molecule has 0 saturated carbocycles. The normalized spacial score (nSPS) is 11.1. The van der Waals surface area contributed by atoms with Gasteiger partial charge >= 0.3 is 6.36 Å². The maximum Gasteiger partial charge on any atom is 0.573 e. The highest BCUT2D eigenvalue weighted by Crippen LogP contribution is 2.26. The van der Waals surface area contributed by atoms with Gasteiger partial charge < -0.3 is 10.1 Å². The zero-order chi connectivity index (χ0) is 16.9. The van der Waals surface area contributed by atoms with Crippen molar-refractivity contribution in [2.45, 2.75) is 19.3 Å². The van der Waals surface area contributed by atoms with Gasteiger partial charge in [-0.15, -0.1) is 13.2 Å². The number of alkyl halides is 3. The number of nitrogens with one attached hydrogen (secondary N) is 1. The van der Waals surface area contributed by atoms with Crippen LogP contribution < -0.4 is 10.1 Å². The minimum Gasteiger partial charge on any atom is -0.405 e. The van der Waals surface area contributed by atoms with Gasteiger partial charge in [0, 0.05) is 12.1 Å². The summed E-state index contributed by atoms with van der Waals surface area (Å²) in [7, 11) is 0. The number of halogens is 4. The Morgan fingerprint density at radius 1 is 1.00 bits per heavy atom. The van der Waals surface area contributed by atoms with Crippen molar-refractivity contribution in [1.29, 1.82) is 0 Å². The Morgan fingerprint density at radius 2 is 1.61 bits per heavy atom. The van der Waals surface area contributed by atoms with E-state index < -0.39 is 18.1 Å². The van der Waals surface area contributed by atoms with Crippen LogP contribution in [0.15, 0.2) is 48.5 Å². The van der Waals surface area contributed by atoms with Crippen molar-refractivity contribution >= 4 is 5.91 Å². The van der Waals surface area contributed by atoms with Crippen molar-refractivity contribution in [3.8, 4) is 5.75 Å². The lowest BCUT2D eigenvalue weighted by atomic mass is 10.1. The van der Waals surface area contributed by atoms with Crippen molar-refractivity contribution in [3.05, 3.63) is 65.5 Å². The molecule has 0 aliphatic carbocycles. The van der Waals surface area contributed by atoms with Crippen LogP contribution >= 0.6 is 0 Å². The average Bonchev–Trinajstić information content (AvgIpc) is 2.47. The molecule has 122 valence electrons. The van der Waals surface area contributed by atoms with E-state index in [1.807, 2.05) is 0 Å². The van der Waals surface area contributed by atoms with Gasteiger partial charge in [-0.2, -0.15) is 0 Å². The third-order valence-electron chi connectivity index (χ3n) is 2.98. The number of benzene rings is 2. The fourth-order valence-electron chi connectivity index (χ4n) is 1.95. The second-order valence-corrected chi connectivity index (χ2v) is 4.70. The third-order valence-corrected chi connectivity index (χ3v) is 2.98. The topological polar surface area (TPSA) is 38.3 Å². The van der Waals surface area contributed by atoms with Crippen molar-refractivity contribution < 1.29 is 27.1 Å². The summed E-state index contributed by atoms with van der Waals surface area (Å²) >= 11 is 0. The first kappa shape index (κ1) is 16.8. The van der Waals surface area contributed by atoms with E-state index in [1.54, 1.807) is 6.07 Å². The molecule has 23 heavy (non-hydrogen) atoms. The van der Waals surface area contributed by atoms with Crippen molar-refractivity contribution in [2.24, 2.45) is 0 Å². The Morgan fingerprint density at radius 3 is 2.26 bits per heavy atom. The standard InChI is InChI=1S/C16H13F4NO2/c17-13-7-3-1-5-11(13)9-15(22)21-10-12-6-2-4-8-14(12)23-16(18,19)20/h1-8H,9-10H2,(H,21,22). The maximum atomic E-state index is 13.4. The van der Waals surface area contributed by atoms with E-state index in [0.717, 1.165) is 6.07 Å². The van der Waals surface area contributed by atoms with Crippen LogP contribution in [0.1, 0.15) is 11.1 Å². The van der Waals surface area contributed by atoms with Gasteiger partial charge in [-0.3, -0.25) is 4.79 Å². The Kier molecular flexibility index (Phi) is 5.20. The highest BCUT2D eigenvalue weighted by atomic mass is 19.4. The molecule has 7 heteroatoms. The molecule has 1 amide bonds. The van der Waals surface area contributed by atoms with Gasteiger partial charge in [-0.25, -0.2) is 4.39 Å². The molecule has 0 heterocycles. The SMILES string of the molecule is O=C(Cc1ccccc1F)NCc1ccccc1OC(F)(F)F. The summed E-state index contributed by atoms with van der Waals surface area (Å²) in [5.41, 5.74) is 0.386. The number of rotatable bonds is 5. The first-order valence-corrected chi connectivity index (χ1v) is 6.69. The quantitative estimate of drug-likeness (QED) is 0.853. The molecule has 0 aliphatic heterocycles. The molecule has 2 aromatic carbocycles. The fourth-order valence-corrected chi connectivity index (χ4v) is 1.95. The molecule has 0 saturated heterocycles. The second kappa shape index (κ2) is 7.13. The van der Waals surface area contributed by atoms with Crippen LogP contribution in [0.5, 0.6) is 5.75 Å². The van der Waals surface area contributed by atoms with Crippen molar-refractivity contribution in [1.82, 2.24) is 5.32 Å². The van der Waals surface area contributed by atoms with Gasteiger partial charge in [-0.1, -0.05) is 36.4 Å². The highest BCUT2D eigenvalue weighted by molar-refractivity contribution is 5.78. The smallest absolute Gasteiger partial charge is 0.405 e. The monoisotopic (exact) mass is 327 g/mol. The molecule has 3 nitrogen and oxygen atoms in total. The number of amides is 1. The lowest BCUT2D eigenvalue weighted by molar-refractivity contribution is -0.274. The summed E-state index contributed by atoms with van der Waals surface area (Å²) in [6.45, 7) is -0.153. The first-order chi connectivity index (χ1) is 10.8. The van der Waals surface area contributed by atoms with Crippen LogP contribution in [0.4, 0.5) is 17.6 Å². The highest BCUT2D eigenvalue weighted by Gasteiger charge is 2.31. The number of carbonyl (C=O) groups is 1. The molecule has 2 rings (SSSR count). The molecule has 2 aromatic rings. The Bertz CT molecular complexity index is 686. The van der Waals surface area contributed by atoms with Crippen LogP contribution in [0, 0.1) is 5.82 Å². The summed E-state index contributed by atoms with van der Waals surface area (Å²) in [5, 5.41) is 2.45. The number of carbonyl (C=O) groups excluding carboxylic acids is 1.